The maximum atomic E-state index is 12.5. The molecular weight excluding hydrogens is 362 g/mol. The monoisotopic (exact) mass is 387 g/mol. The largest absolute Gasteiger partial charge is 0.397 e. The van der Waals surface area contributed by atoms with E-state index in [2.05, 4.69) is 44.8 Å². The van der Waals surface area contributed by atoms with E-state index < -0.39 is 0 Å². The molecule has 1 aromatic heterocycles. The predicted molar refractivity (Wildman–Crippen MR) is 117 cm³/mol. The number of anilines is 3. The van der Waals surface area contributed by atoms with Crippen molar-refractivity contribution in [1.82, 2.24) is 10.3 Å². The number of pyridine rings is 1. The predicted octanol–water partition coefficient (Wildman–Crippen LogP) is 2.94. The van der Waals surface area contributed by atoms with Crippen LogP contribution in [0.15, 0.2) is 72.9 Å². The first kappa shape index (κ1) is 19.0. The lowest BCUT2D eigenvalue weighted by Crippen LogP contribution is -2.51. The van der Waals surface area contributed by atoms with Crippen LogP contribution in [-0.4, -0.2) is 36.6 Å². The maximum absolute atomic E-state index is 12.5. The Bertz CT molecular complexity index is 959. The molecule has 6 heteroatoms. The van der Waals surface area contributed by atoms with Crippen molar-refractivity contribution >= 4 is 23.1 Å². The van der Waals surface area contributed by atoms with Crippen LogP contribution in [0.2, 0.25) is 0 Å². The van der Waals surface area contributed by atoms with E-state index in [1.54, 1.807) is 18.3 Å². The van der Waals surface area contributed by atoms with Crippen LogP contribution in [0, 0.1) is 0 Å². The number of para-hydroxylation sites is 2. The molecule has 2 heterocycles. The number of nitrogens with two attached hydrogens (primary N) is 1. The number of hydrogen-bond donors (Lipinski definition) is 3. The maximum Gasteiger partial charge on any atom is 0.257 e. The van der Waals surface area contributed by atoms with Gasteiger partial charge in [0, 0.05) is 31.9 Å². The molecule has 1 aliphatic rings. The Morgan fingerprint density at radius 3 is 2.66 bits per heavy atom. The van der Waals surface area contributed by atoms with Crippen molar-refractivity contribution in [2.24, 2.45) is 0 Å². The zero-order chi connectivity index (χ0) is 20.1. The topological polar surface area (TPSA) is 83.3 Å². The van der Waals surface area contributed by atoms with E-state index in [4.69, 9.17) is 5.73 Å². The fraction of sp³-hybridized carbons (Fsp3) is 0.217. The second-order valence-electron chi connectivity index (χ2n) is 7.23. The lowest BCUT2D eigenvalue weighted by atomic mass is 10.0. The van der Waals surface area contributed by atoms with Gasteiger partial charge in [0.05, 0.1) is 16.9 Å². The summed E-state index contributed by atoms with van der Waals surface area (Å²) in [6.07, 6.45) is 2.61. The number of rotatable bonds is 5. The van der Waals surface area contributed by atoms with Crippen molar-refractivity contribution in [1.29, 1.82) is 0 Å². The first-order chi connectivity index (χ1) is 14.2. The Hall–Kier alpha value is -3.38. The van der Waals surface area contributed by atoms with Crippen molar-refractivity contribution in [2.45, 2.75) is 12.5 Å². The van der Waals surface area contributed by atoms with Crippen LogP contribution >= 0.6 is 0 Å². The second-order valence-corrected chi connectivity index (χ2v) is 7.23. The minimum absolute atomic E-state index is 0.218. The molecular formula is C23H25N5O. The van der Waals surface area contributed by atoms with Crippen molar-refractivity contribution in [3.8, 4) is 0 Å². The van der Waals surface area contributed by atoms with Gasteiger partial charge in [-0.15, -0.1) is 0 Å². The third kappa shape index (κ3) is 4.73. The van der Waals surface area contributed by atoms with E-state index in [-0.39, 0.29) is 5.91 Å². The van der Waals surface area contributed by atoms with E-state index in [9.17, 15) is 4.79 Å². The van der Waals surface area contributed by atoms with Crippen molar-refractivity contribution in [2.75, 3.05) is 35.6 Å². The normalized spacial score (nSPS) is 16.4. The van der Waals surface area contributed by atoms with Gasteiger partial charge in [-0.25, -0.2) is 4.98 Å². The number of carbonyl (C=O) groups excluding carboxylic acids is 1. The number of aromatic nitrogens is 1. The van der Waals surface area contributed by atoms with E-state index in [0.717, 1.165) is 31.9 Å². The van der Waals surface area contributed by atoms with Crippen LogP contribution in [0.1, 0.15) is 15.9 Å². The number of hydrogen-bond acceptors (Lipinski definition) is 5. The molecule has 3 aromatic rings. The highest BCUT2D eigenvalue weighted by molar-refractivity contribution is 6.05. The summed E-state index contributed by atoms with van der Waals surface area (Å²) in [6, 6.07) is 21.8. The number of carbonyl (C=O) groups is 1. The number of piperazine rings is 1. The second kappa shape index (κ2) is 8.75. The minimum atomic E-state index is -0.218. The van der Waals surface area contributed by atoms with Gasteiger partial charge in [-0.1, -0.05) is 42.5 Å². The molecule has 148 valence electrons. The van der Waals surface area contributed by atoms with Gasteiger partial charge in [-0.3, -0.25) is 4.79 Å². The minimum Gasteiger partial charge on any atom is -0.397 e. The highest BCUT2D eigenvalue weighted by atomic mass is 16.1. The van der Waals surface area contributed by atoms with Gasteiger partial charge in [-0.2, -0.15) is 0 Å². The summed E-state index contributed by atoms with van der Waals surface area (Å²) in [5, 5.41) is 6.42. The van der Waals surface area contributed by atoms with Gasteiger partial charge in [0.2, 0.25) is 0 Å². The van der Waals surface area contributed by atoms with Crippen molar-refractivity contribution in [3.63, 3.8) is 0 Å². The fourth-order valence-electron chi connectivity index (χ4n) is 3.58. The molecule has 0 saturated carbocycles. The Balaban J connectivity index is 1.39. The highest BCUT2D eigenvalue weighted by Crippen LogP contribution is 2.19. The number of nitrogens with zero attached hydrogens (tertiary/aromatic N) is 2. The Morgan fingerprint density at radius 1 is 1.10 bits per heavy atom. The first-order valence-electron chi connectivity index (χ1n) is 9.83. The third-order valence-electron chi connectivity index (χ3n) is 5.12. The van der Waals surface area contributed by atoms with Crippen LogP contribution in [0.25, 0.3) is 0 Å². The molecule has 2 aromatic carbocycles. The number of nitrogens with one attached hydrogen (secondary N) is 2. The Morgan fingerprint density at radius 2 is 1.90 bits per heavy atom. The average Bonchev–Trinajstić information content (AvgIpc) is 2.76. The van der Waals surface area contributed by atoms with Crippen molar-refractivity contribution < 1.29 is 4.79 Å². The third-order valence-corrected chi connectivity index (χ3v) is 5.12. The van der Waals surface area contributed by atoms with Gasteiger partial charge in [0.15, 0.2) is 0 Å². The quantitative estimate of drug-likeness (QED) is 0.587. The highest BCUT2D eigenvalue weighted by Gasteiger charge is 2.21. The van der Waals surface area contributed by atoms with Crippen LogP contribution in [-0.2, 0) is 6.42 Å². The molecule has 4 rings (SSSR count). The molecule has 0 unspecified atom stereocenters. The van der Waals surface area contributed by atoms with Crippen molar-refractivity contribution in [3.05, 3.63) is 84.1 Å². The summed E-state index contributed by atoms with van der Waals surface area (Å²) in [7, 11) is 0. The number of amides is 1. The zero-order valence-electron chi connectivity index (χ0n) is 16.2. The molecule has 4 N–H and O–H groups in total. The molecule has 0 spiro atoms. The molecule has 1 amide bonds. The van der Waals surface area contributed by atoms with Gasteiger partial charge < -0.3 is 21.3 Å². The average molecular weight is 387 g/mol. The van der Waals surface area contributed by atoms with E-state index in [1.807, 2.05) is 30.3 Å². The molecule has 1 fully saturated rings. The first-order valence-corrected chi connectivity index (χ1v) is 9.83. The Kier molecular flexibility index (Phi) is 5.72. The summed E-state index contributed by atoms with van der Waals surface area (Å²) in [5.41, 5.74) is 8.87. The van der Waals surface area contributed by atoms with Gasteiger partial charge >= 0.3 is 0 Å². The summed E-state index contributed by atoms with van der Waals surface area (Å²) in [5.74, 6) is 0.671. The Labute approximate surface area is 170 Å². The van der Waals surface area contributed by atoms with E-state index >= 15 is 0 Å². The summed E-state index contributed by atoms with van der Waals surface area (Å²) in [6.45, 7) is 2.69. The molecule has 0 aliphatic carbocycles. The smallest absolute Gasteiger partial charge is 0.257 e. The molecule has 0 bridgehead atoms. The van der Waals surface area contributed by atoms with Crippen LogP contribution < -0.4 is 21.3 Å². The molecule has 29 heavy (non-hydrogen) atoms. The van der Waals surface area contributed by atoms with E-state index in [1.165, 1.54) is 5.56 Å². The number of nitrogen functional groups attached to an aromatic ring is 1. The zero-order valence-corrected chi connectivity index (χ0v) is 16.2. The summed E-state index contributed by atoms with van der Waals surface area (Å²) < 4.78 is 0. The number of benzene rings is 2. The van der Waals surface area contributed by atoms with Gasteiger partial charge in [-0.05, 0) is 36.2 Å². The van der Waals surface area contributed by atoms with E-state index in [0.29, 0.717) is 23.0 Å². The molecule has 0 radical (unpaired) electrons. The fourth-order valence-corrected chi connectivity index (χ4v) is 3.58. The van der Waals surface area contributed by atoms with Crippen LogP contribution in [0.5, 0.6) is 0 Å². The standard InChI is InChI=1S/C23H25N5O/c24-20-8-4-5-9-21(20)27-23(29)18-10-11-22(26-15-18)28-13-12-25-19(16-28)14-17-6-2-1-3-7-17/h1-11,15,19,25H,12-14,16,24H2,(H,27,29)/t19-/m0/s1. The van der Waals surface area contributed by atoms with Gasteiger partial charge in [0.25, 0.3) is 5.91 Å². The van der Waals surface area contributed by atoms with Gasteiger partial charge in [0.1, 0.15) is 5.82 Å². The summed E-state index contributed by atoms with van der Waals surface area (Å²) >= 11 is 0. The lowest BCUT2D eigenvalue weighted by Gasteiger charge is -2.34. The molecule has 1 aliphatic heterocycles. The van der Waals surface area contributed by atoms with Crippen LogP contribution in [0.4, 0.5) is 17.2 Å². The molecule has 6 nitrogen and oxygen atoms in total. The molecule has 1 atom stereocenters. The SMILES string of the molecule is Nc1ccccc1NC(=O)c1ccc(N2CCN[C@@H](Cc3ccccc3)C2)nc1. The molecule has 1 saturated heterocycles. The van der Waals surface area contributed by atoms with Crippen LogP contribution in [0.3, 0.4) is 0 Å². The lowest BCUT2D eigenvalue weighted by molar-refractivity contribution is 0.102. The summed E-state index contributed by atoms with van der Waals surface area (Å²) in [4.78, 5) is 19.3.